The molecule has 0 saturated heterocycles. The molecule has 3 aromatic rings. The van der Waals surface area contributed by atoms with Crippen LogP contribution in [0.1, 0.15) is 20.7 Å². The first kappa shape index (κ1) is 17.8. The van der Waals surface area contributed by atoms with Gasteiger partial charge in [-0.15, -0.1) is 5.10 Å². The van der Waals surface area contributed by atoms with E-state index in [4.69, 9.17) is 23.2 Å². The number of hydrazine groups is 1. The van der Waals surface area contributed by atoms with Gasteiger partial charge in [-0.3, -0.25) is 20.4 Å². The Kier molecular flexibility index (Phi) is 5.10. The molecular weight excluding hydrogens is 386 g/mol. The predicted octanol–water partition coefficient (Wildman–Crippen LogP) is 2.18. The molecule has 132 valence electrons. The largest absolute Gasteiger partial charge is 0.271 e. The van der Waals surface area contributed by atoms with Gasteiger partial charge in [0.25, 0.3) is 11.8 Å². The number of carbonyl (C=O) groups excluding carboxylic acids is 2. The molecule has 8 nitrogen and oxygen atoms in total. The highest BCUT2D eigenvalue weighted by atomic mass is 35.5. The third-order valence-electron chi connectivity index (χ3n) is 3.29. The average molecular weight is 395 g/mol. The molecule has 0 bridgehead atoms. The lowest BCUT2D eigenvalue weighted by molar-refractivity contribution is 0.0846. The lowest BCUT2D eigenvalue weighted by Gasteiger charge is -2.09. The quantitative estimate of drug-likeness (QED) is 0.523. The summed E-state index contributed by atoms with van der Waals surface area (Å²) in [6, 6.07) is 8.28. The van der Waals surface area contributed by atoms with E-state index in [1.54, 1.807) is 12.1 Å². The zero-order chi connectivity index (χ0) is 18.7. The van der Waals surface area contributed by atoms with Crippen molar-refractivity contribution in [3.05, 3.63) is 69.7 Å². The molecule has 0 aliphatic carbocycles. The summed E-state index contributed by atoms with van der Waals surface area (Å²) in [6.45, 7) is 0. The van der Waals surface area contributed by atoms with Gasteiger partial charge >= 0.3 is 0 Å². The van der Waals surface area contributed by atoms with Crippen molar-refractivity contribution in [2.45, 2.75) is 0 Å². The molecule has 1 heterocycles. The van der Waals surface area contributed by atoms with Gasteiger partial charge in [0, 0.05) is 5.56 Å². The number of amides is 2. The minimum Gasteiger partial charge on any atom is -0.267 e. The van der Waals surface area contributed by atoms with Gasteiger partial charge in [0.2, 0.25) is 0 Å². The number of rotatable bonds is 3. The maximum absolute atomic E-state index is 13.5. The molecule has 2 aromatic carbocycles. The highest BCUT2D eigenvalue weighted by molar-refractivity contribution is 6.36. The van der Waals surface area contributed by atoms with E-state index in [1.807, 2.05) is 0 Å². The number of nitrogens with one attached hydrogen (secondary N) is 2. The molecule has 0 atom stereocenters. The maximum Gasteiger partial charge on any atom is 0.271 e. The van der Waals surface area contributed by atoms with Gasteiger partial charge in [0.05, 0.1) is 21.3 Å². The number of hydrogen-bond acceptors (Lipinski definition) is 5. The van der Waals surface area contributed by atoms with Crippen molar-refractivity contribution in [3.63, 3.8) is 0 Å². The van der Waals surface area contributed by atoms with Crippen LogP contribution < -0.4 is 10.9 Å². The zero-order valence-corrected chi connectivity index (χ0v) is 14.3. The Morgan fingerprint density at radius 3 is 2.35 bits per heavy atom. The summed E-state index contributed by atoms with van der Waals surface area (Å²) in [5, 5.41) is 10.5. The zero-order valence-electron chi connectivity index (χ0n) is 12.8. The van der Waals surface area contributed by atoms with Crippen LogP contribution in [-0.4, -0.2) is 32.0 Å². The monoisotopic (exact) mass is 394 g/mol. The summed E-state index contributed by atoms with van der Waals surface area (Å²) in [5.74, 6) is -2.16. The van der Waals surface area contributed by atoms with Gasteiger partial charge in [-0.2, -0.15) is 0 Å². The smallest absolute Gasteiger partial charge is 0.267 e. The standard InChI is InChI=1S/C15H9Cl2FN6O2/c16-11-6-12(17)13(18)5-10(11)15(26)21-20-14(25)8-1-3-9(4-2-8)24-7-19-22-23-24/h1-7H,(H,20,25)(H,21,26). The van der Waals surface area contributed by atoms with Crippen LogP contribution >= 0.6 is 23.2 Å². The summed E-state index contributed by atoms with van der Waals surface area (Å²) in [6.07, 6.45) is 1.41. The molecule has 0 radical (unpaired) electrons. The maximum atomic E-state index is 13.5. The van der Waals surface area contributed by atoms with Crippen molar-refractivity contribution < 1.29 is 14.0 Å². The fourth-order valence-electron chi connectivity index (χ4n) is 1.99. The van der Waals surface area contributed by atoms with E-state index in [0.29, 0.717) is 5.69 Å². The third-order valence-corrected chi connectivity index (χ3v) is 3.89. The molecule has 0 saturated carbocycles. The molecule has 0 aliphatic rings. The third kappa shape index (κ3) is 3.79. The fourth-order valence-corrected chi connectivity index (χ4v) is 2.46. The molecule has 3 rings (SSSR count). The van der Waals surface area contributed by atoms with Gasteiger partial charge in [-0.25, -0.2) is 9.07 Å². The SMILES string of the molecule is O=C(NNC(=O)c1cc(F)c(Cl)cc1Cl)c1ccc(-n2cnnn2)cc1. The van der Waals surface area contributed by atoms with Crippen molar-refractivity contribution in [1.29, 1.82) is 0 Å². The highest BCUT2D eigenvalue weighted by Gasteiger charge is 2.15. The molecule has 0 unspecified atom stereocenters. The van der Waals surface area contributed by atoms with Crippen molar-refractivity contribution in [2.75, 3.05) is 0 Å². The van der Waals surface area contributed by atoms with E-state index in [2.05, 4.69) is 26.4 Å². The molecule has 0 aliphatic heterocycles. The number of nitrogens with zero attached hydrogens (tertiary/aromatic N) is 4. The summed E-state index contributed by atoms with van der Waals surface area (Å²) in [5.41, 5.74) is 5.13. The van der Waals surface area contributed by atoms with E-state index in [-0.39, 0.29) is 21.2 Å². The average Bonchev–Trinajstić information content (AvgIpc) is 3.17. The second kappa shape index (κ2) is 7.46. The summed E-state index contributed by atoms with van der Waals surface area (Å²) in [7, 11) is 0. The Labute approximate surface area is 155 Å². The molecule has 11 heteroatoms. The Bertz CT molecular complexity index is 963. The Morgan fingerprint density at radius 2 is 1.69 bits per heavy atom. The normalized spacial score (nSPS) is 10.4. The van der Waals surface area contributed by atoms with Crippen LogP contribution in [0, 0.1) is 5.82 Å². The van der Waals surface area contributed by atoms with Gasteiger partial charge in [-0.05, 0) is 46.8 Å². The second-order valence-corrected chi connectivity index (χ2v) is 5.77. The molecule has 1 aromatic heterocycles. The first-order valence-corrected chi connectivity index (χ1v) is 7.80. The van der Waals surface area contributed by atoms with E-state index >= 15 is 0 Å². The summed E-state index contributed by atoms with van der Waals surface area (Å²) in [4.78, 5) is 24.1. The second-order valence-electron chi connectivity index (χ2n) is 4.96. The minimum absolute atomic E-state index is 0.0473. The van der Waals surface area contributed by atoms with Crippen molar-refractivity contribution in [2.24, 2.45) is 0 Å². The van der Waals surface area contributed by atoms with Gasteiger partial charge in [-0.1, -0.05) is 23.2 Å². The van der Waals surface area contributed by atoms with E-state index in [9.17, 15) is 14.0 Å². The van der Waals surface area contributed by atoms with E-state index in [0.717, 1.165) is 12.1 Å². The first-order chi connectivity index (χ1) is 12.5. The molecule has 2 amide bonds. The van der Waals surface area contributed by atoms with Crippen LogP contribution in [0.25, 0.3) is 5.69 Å². The van der Waals surface area contributed by atoms with Gasteiger partial charge < -0.3 is 0 Å². The molecule has 0 fully saturated rings. The van der Waals surface area contributed by atoms with Gasteiger partial charge in [0.15, 0.2) is 0 Å². The van der Waals surface area contributed by atoms with Crippen LogP contribution in [-0.2, 0) is 0 Å². The number of tetrazole rings is 1. The van der Waals surface area contributed by atoms with Crippen LogP contribution in [0.4, 0.5) is 4.39 Å². The van der Waals surface area contributed by atoms with Gasteiger partial charge in [0.1, 0.15) is 12.1 Å². The Morgan fingerprint density at radius 1 is 1.00 bits per heavy atom. The number of aromatic nitrogens is 4. The number of hydrogen-bond donors (Lipinski definition) is 2. The van der Waals surface area contributed by atoms with E-state index < -0.39 is 17.6 Å². The van der Waals surface area contributed by atoms with E-state index in [1.165, 1.54) is 23.1 Å². The van der Waals surface area contributed by atoms with Crippen LogP contribution in [0.15, 0.2) is 42.7 Å². The predicted molar refractivity (Wildman–Crippen MR) is 90.5 cm³/mol. The first-order valence-electron chi connectivity index (χ1n) is 7.04. The van der Waals surface area contributed by atoms with Crippen LogP contribution in [0.2, 0.25) is 10.0 Å². The van der Waals surface area contributed by atoms with Crippen molar-refractivity contribution in [3.8, 4) is 5.69 Å². The van der Waals surface area contributed by atoms with Crippen molar-refractivity contribution >= 4 is 35.0 Å². The Balaban J connectivity index is 1.65. The molecule has 26 heavy (non-hydrogen) atoms. The summed E-state index contributed by atoms with van der Waals surface area (Å²) >= 11 is 11.4. The minimum atomic E-state index is -0.800. The number of carbonyl (C=O) groups is 2. The lowest BCUT2D eigenvalue weighted by Crippen LogP contribution is -2.41. The lowest BCUT2D eigenvalue weighted by atomic mass is 10.2. The Hall–Kier alpha value is -3.04. The highest BCUT2D eigenvalue weighted by Crippen LogP contribution is 2.24. The molecule has 2 N–H and O–H groups in total. The van der Waals surface area contributed by atoms with Crippen molar-refractivity contribution in [1.82, 2.24) is 31.1 Å². The molecule has 0 spiro atoms. The fraction of sp³-hybridized carbons (Fsp3) is 0. The van der Waals surface area contributed by atoms with Crippen LogP contribution in [0.3, 0.4) is 0 Å². The number of halogens is 3. The molecular formula is C15H9Cl2FN6O2. The van der Waals surface area contributed by atoms with Crippen LogP contribution in [0.5, 0.6) is 0 Å². The number of benzene rings is 2. The summed E-state index contributed by atoms with van der Waals surface area (Å²) < 4.78 is 14.9. The topological polar surface area (TPSA) is 102 Å².